The largest absolute Gasteiger partial charge is 0.349 e. The van der Waals surface area contributed by atoms with Crippen molar-refractivity contribution in [2.75, 3.05) is 13.1 Å². The molecule has 1 fully saturated rings. The zero-order valence-electron chi connectivity index (χ0n) is 13.6. The molecule has 2 aromatic rings. The van der Waals surface area contributed by atoms with Crippen LogP contribution in [0.25, 0.3) is 10.9 Å². The standard InChI is InChI=1S/C17H20BrN3O.2ClH/c1-10-9-19-6-5-15(10)21-17(22)14-7-11(2)20-16-4-3-12(18)8-13(14)16;;/h3-4,7-8,10,15,19H,5-6,9H2,1-2H3,(H,21,22);2*1H. The number of fused-ring (bicyclic) bond motifs is 1. The van der Waals surface area contributed by atoms with Crippen LogP contribution in [0.1, 0.15) is 29.4 Å². The van der Waals surface area contributed by atoms with Gasteiger partial charge in [-0.3, -0.25) is 9.78 Å². The SMILES string of the molecule is Cc1cc(C(=O)NC2CCNCC2C)c2cc(Br)ccc2n1.Cl.Cl. The summed E-state index contributed by atoms with van der Waals surface area (Å²) in [6.45, 7) is 6.00. The number of benzene rings is 1. The molecule has 2 unspecified atom stereocenters. The fraction of sp³-hybridized carbons (Fsp3) is 0.412. The van der Waals surface area contributed by atoms with E-state index >= 15 is 0 Å². The average molecular weight is 435 g/mol. The van der Waals surface area contributed by atoms with Gasteiger partial charge in [0.25, 0.3) is 5.91 Å². The van der Waals surface area contributed by atoms with Crippen LogP contribution >= 0.6 is 40.7 Å². The summed E-state index contributed by atoms with van der Waals surface area (Å²) in [4.78, 5) is 17.3. The maximum absolute atomic E-state index is 12.8. The number of nitrogens with zero attached hydrogens (tertiary/aromatic N) is 1. The fourth-order valence-electron chi connectivity index (χ4n) is 2.99. The first-order chi connectivity index (χ1) is 10.5. The number of aryl methyl sites for hydroxylation is 1. The highest BCUT2D eigenvalue weighted by Gasteiger charge is 2.24. The highest BCUT2D eigenvalue weighted by Crippen LogP contribution is 2.23. The van der Waals surface area contributed by atoms with Crippen LogP contribution < -0.4 is 10.6 Å². The van der Waals surface area contributed by atoms with Crippen molar-refractivity contribution < 1.29 is 4.79 Å². The zero-order valence-corrected chi connectivity index (χ0v) is 16.9. The predicted octanol–water partition coefficient (Wildman–Crippen LogP) is 3.88. The third-order valence-electron chi connectivity index (χ3n) is 4.25. The fourth-order valence-corrected chi connectivity index (χ4v) is 3.35. The minimum atomic E-state index is -0.00708. The molecule has 3 rings (SSSR count). The monoisotopic (exact) mass is 433 g/mol. The van der Waals surface area contributed by atoms with Crippen LogP contribution in [0.15, 0.2) is 28.7 Å². The molecule has 7 heteroatoms. The van der Waals surface area contributed by atoms with Gasteiger partial charge in [0.1, 0.15) is 0 Å². The normalized spacial score (nSPS) is 20.0. The zero-order chi connectivity index (χ0) is 15.7. The molecule has 0 radical (unpaired) electrons. The third kappa shape index (κ3) is 4.60. The lowest BCUT2D eigenvalue weighted by molar-refractivity contribution is 0.0915. The number of carbonyl (C=O) groups excluding carboxylic acids is 1. The van der Waals surface area contributed by atoms with Crippen molar-refractivity contribution in [1.29, 1.82) is 0 Å². The number of hydrogen-bond acceptors (Lipinski definition) is 3. The molecule has 24 heavy (non-hydrogen) atoms. The Morgan fingerprint density at radius 2 is 2.08 bits per heavy atom. The van der Waals surface area contributed by atoms with E-state index in [1.54, 1.807) is 0 Å². The van der Waals surface area contributed by atoms with E-state index in [0.29, 0.717) is 11.5 Å². The smallest absolute Gasteiger partial charge is 0.252 e. The van der Waals surface area contributed by atoms with Crippen molar-refractivity contribution in [3.05, 3.63) is 40.0 Å². The van der Waals surface area contributed by atoms with Crippen molar-refractivity contribution in [3.63, 3.8) is 0 Å². The van der Waals surface area contributed by atoms with Crippen LogP contribution in [0.4, 0.5) is 0 Å². The molecule has 0 saturated carbocycles. The number of halogens is 3. The first-order valence-electron chi connectivity index (χ1n) is 7.63. The summed E-state index contributed by atoms with van der Waals surface area (Å²) in [5.41, 5.74) is 2.42. The minimum Gasteiger partial charge on any atom is -0.349 e. The molecule has 2 atom stereocenters. The van der Waals surface area contributed by atoms with Crippen molar-refractivity contribution in [2.45, 2.75) is 26.3 Å². The Morgan fingerprint density at radius 3 is 2.79 bits per heavy atom. The second kappa shape index (κ2) is 8.99. The summed E-state index contributed by atoms with van der Waals surface area (Å²) in [6, 6.07) is 7.95. The Hall–Kier alpha value is -0.880. The number of nitrogens with one attached hydrogen (secondary N) is 2. The van der Waals surface area contributed by atoms with Crippen molar-refractivity contribution in [2.24, 2.45) is 5.92 Å². The molecule has 2 N–H and O–H groups in total. The number of rotatable bonds is 2. The Bertz CT molecular complexity index is 726. The second-order valence-corrected chi connectivity index (χ2v) is 6.94. The molecule has 1 amide bonds. The van der Waals surface area contributed by atoms with Gasteiger partial charge >= 0.3 is 0 Å². The maximum atomic E-state index is 12.8. The van der Waals surface area contributed by atoms with E-state index in [2.05, 4.69) is 38.5 Å². The molecule has 1 aliphatic heterocycles. The van der Waals surface area contributed by atoms with E-state index in [0.717, 1.165) is 40.6 Å². The molecule has 132 valence electrons. The van der Waals surface area contributed by atoms with Crippen molar-refractivity contribution in [1.82, 2.24) is 15.6 Å². The van der Waals surface area contributed by atoms with Crippen LogP contribution in [0.5, 0.6) is 0 Å². The van der Waals surface area contributed by atoms with Gasteiger partial charge in [-0.25, -0.2) is 0 Å². The van der Waals surface area contributed by atoms with Crippen LogP contribution in [0.2, 0.25) is 0 Å². The Kier molecular flexibility index (Phi) is 7.93. The Labute approximate surface area is 163 Å². The van der Waals surface area contributed by atoms with Crippen LogP contribution in [0.3, 0.4) is 0 Å². The van der Waals surface area contributed by atoms with Gasteiger partial charge in [-0.15, -0.1) is 24.8 Å². The van der Waals surface area contributed by atoms with Gasteiger partial charge in [0.15, 0.2) is 0 Å². The highest BCUT2D eigenvalue weighted by atomic mass is 79.9. The topological polar surface area (TPSA) is 54.0 Å². The van der Waals surface area contributed by atoms with Gasteiger partial charge in [-0.1, -0.05) is 22.9 Å². The van der Waals surface area contributed by atoms with E-state index in [4.69, 9.17) is 0 Å². The molecular formula is C17H22BrCl2N3O. The maximum Gasteiger partial charge on any atom is 0.252 e. The van der Waals surface area contributed by atoms with Gasteiger partial charge in [0, 0.05) is 21.6 Å². The van der Waals surface area contributed by atoms with E-state index < -0.39 is 0 Å². The summed E-state index contributed by atoms with van der Waals surface area (Å²) < 4.78 is 0.954. The van der Waals surface area contributed by atoms with E-state index in [1.165, 1.54) is 0 Å². The molecule has 1 aromatic heterocycles. The number of hydrogen-bond donors (Lipinski definition) is 2. The average Bonchev–Trinajstić information content (AvgIpc) is 2.49. The number of carbonyl (C=O) groups is 1. The van der Waals surface area contributed by atoms with Crippen molar-refractivity contribution in [3.8, 4) is 0 Å². The summed E-state index contributed by atoms with van der Waals surface area (Å²) in [7, 11) is 0. The van der Waals surface area contributed by atoms with E-state index in [9.17, 15) is 4.79 Å². The third-order valence-corrected chi connectivity index (χ3v) is 4.74. The summed E-state index contributed by atoms with van der Waals surface area (Å²) in [6.07, 6.45) is 0.971. The summed E-state index contributed by atoms with van der Waals surface area (Å²) in [5, 5.41) is 7.45. The number of piperidine rings is 1. The van der Waals surface area contributed by atoms with Gasteiger partial charge in [-0.2, -0.15) is 0 Å². The quantitative estimate of drug-likeness (QED) is 0.753. The molecule has 0 spiro atoms. The molecule has 1 saturated heterocycles. The molecule has 1 aliphatic rings. The predicted molar refractivity (Wildman–Crippen MR) is 107 cm³/mol. The molecular weight excluding hydrogens is 413 g/mol. The molecule has 1 aromatic carbocycles. The molecule has 0 aliphatic carbocycles. The van der Waals surface area contributed by atoms with Crippen LogP contribution in [-0.4, -0.2) is 30.0 Å². The Morgan fingerprint density at radius 1 is 1.33 bits per heavy atom. The van der Waals surface area contributed by atoms with Crippen LogP contribution in [0, 0.1) is 12.8 Å². The van der Waals surface area contributed by atoms with E-state index in [1.807, 2.05) is 31.2 Å². The van der Waals surface area contributed by atoms with Crippen molar-refractivity contribution >= 4 is 57.6 Å². The lowest BCUT2D eigenvalue weighted by Gasteiger charge is -2.30. The number of amides is 1. The van der Waals surface area contributed by atoms with Crippen LogP contribution in [-0.2, 0) is 0 Å². The first kappa shape index (κ1) is 21.2. The molecule has 0 bridgehead atoms. The molecule has 4 nitrogen and oxygen atoms in total. The Balaban J connectivity index is 0.00000144. The first-order valence-corrected chi connectivity index (χ1v) is 8.42. The molecule has 2 heterocycles. The van der Waals surface area contributed by atoms with E-state index in [-0.39, 0.29) is 36.8 Å². The van der Waals surface area contributed by atoms with Gasteiger partial charge in [0.05, 0.1) is 11.1 Å². The summed E-state index contributed by atoms with van der Waals surface area (Å²) in [5.74, 6) is 0.436. The highest BCUT2D eigenvalue weighted by molar-refractivity contribution is 9.10. The second-order valence-electron chi connectivity index (χ2n) is 6.02. The van der Waals surface area contributed by atoms with Gasteiger partial charge in [-0.05, 0) is 56.6 Å². The lowest BCUT2D eigenvalue weighted by atomic mass is 9.94. The number of aromatic nitrogens is 1. The summed E-state index contributed by atoms with van der Waals surface area (Å²) >= 11 is 3.47. The van der Waals surface area contributed by atoms with Gasteiger partial charge in [0.2, 0.25) is 0 Å². The van der Waals surface area contributed by atoms with Gasteiger partial charge < -0.3 is 10.6 Å². The minimum absolute atomic E-state index is 0. The number of pyridine rings is 1. The lowest BCUT2D eigenvalue weighted by Crippen LogP contribution is -2.48.